The molecule has 0 bridgehead atoms. The van der Waals surface area contributed by atoms with Crippen LogP contribution in [0.15, 0.2) is 60.0 Å². The van der Waals surface area contributed by atoms with Gasteiger partial charge in [0, 0.05) is 28.2 Å². The Morgan fingerprint density at radius 1 is 0.409 bits per heavy atom. The van der Waals surface area contributed by atoms with Crippen LogP contribution in [0, 0.1) is 116 Å². The molecule has 0 unspecified atom stereocenters. The molecule has 6 nitrogen and oxygen atoms in total. The van der Waals surface area contributed by atoms with Gasteiger partial charge < -0.3 is 0 Å². The quantitative estimate of drug-likeness (QED) is 0.0160. The number of carbonyl (C=O) groups is 2. The summed E-state index contributed by atoms with van der Waals surface area (Å²) in [6.45, 7) is -0.00170. The minimum atomic E-state index is -7.22. The SMILES string of the molecule is Fc1c(F)c(F)c([B-](c2c(F)c(F)c(F)c(F)c2F)(c2c(F)c(F)c(F)c(F)c2F)c2c(F)c(F)c(F)c(F)c2F)c(F)c1F.[N-]=[N+]=NCC(=O)c1cc[n+](CC(=O)c2ccccc2)cc1. The molecule has 1 heterocycles. The Bertz CT molecular complexity index is 2640. The largest absolute Gasteiger partial charge is 0.294 e. The summed E-state index contributed by atoms with van der Waals surface area (Å²) in [4.78, 5) is 26.2. The van der Waals surface area contributed by atoms with Crippen molar-refractivity contribution in [2.75, 3.05) is 6.54 Å². The third kappa shape index (κ3) is 8.13. The summed E-state index contributed by atoms with van der Waals surface area (Å²) in [5.74, 6) is -71.7. The third-order valence-corrected chi connectivity index (χ3v) is 9.62. The number of nitrogens with zero attached hydrogens (tertiary/aromatic N) is 4. The summed E-state index contributed by atoms with van der Waals surface area (Å²) in [6.07, 6.45) is -3.90. The first-order valence-electron chi connectivity index (χ1n) is 17.3. The van der Waals surface area contributed by atoms with Gasteiger partial charge in [0.25, 0.3) is 0 Å². The van der Waals surface area contributed by atoms with Crippen molar-refractivity contribution in [3.05, 3.63) is 193 Å². The summed E-state index contributed by atoms with van der Waals surface area (Å²) in [5, 5.41) is 3.23. The second-order valence-corrected chi connectivity index (χ2v) is 13.2. The highest BCUT2D eigenvalue weighted by Crippen LogP contribution is 2.30. The topological polar surface area (TPSA) is 86.8 Å². The average molecular weight is 960 g/mol. The van der Waals surface area contributed by atoms with Gasteiger partial charge in [-0.1, -0.05) is 35.4 Å². The maximum atomic E-state index is 15.4. The first-order valence-corrected chi connectivity index (χ1v) is 17.3. The van der Waals surface area contributed by atoms with Crippen LogP contribution in [0.1, 0.15) is 20.7 Å². The van der Waals surface area contributed by atoms with Crippen LogP contribution >= 0.6 is 0 Å². The van der Waals surface area contributed by atoms with Gasteiger partial charge >= 0.3 is 0 Å². The Kier molecular flexibility index (Phi) is 14.2. The van der Waals surface area contributed by atoms with Gasteiger partial charge in [0.05, 0.1) is 6.54 Å². The third-order valence-electron chi connectivity index (χ3n) is 9.62. The highest BCUT2D eigenvalue weighted by molar-refractivity contribution is 7.20. The molecule has 0 saturated heterocycles. The molecule has 5 aromatic carbocycles. The first kappa shape index (κ1) is 49.6. The number of halogens is 20. The molecule has 0 atom stereocenters. The van der Waals surface area contributed by atoms with Crippen LogP contribution in [0.4, 0.5) is 87.8 Å². The summed E-state index contributed by atoms with van der Waals surface area (Å²) < 4.78 is 296. The summed E-state index contributed by atoms with van der Waals surface area (Å²) in [6, 6.07) is 12.2. The zero-order valence-corrected chi connectivity index (χ0v) is 31.4. The van der Waals surface area contributed by atoms with E-state index in [0.29, 0.717) is 11.1 Å². The van der Waals surface area contributed by atoms with Gasteiger partial charge in [-0.05, 0) is 5.53 Å². The first-order chi connectivity index (χ1) is 30.9. The Labute approximate surface area is 352 Å². The Balaban J connectivity index is 0.000000324. The standard InChI is InChI=1S/C24BF20.C15H13N4O2/c26-5-1(6(27)14(35)21(42)13(5)34)25(2-7(28)15(36)22(43)16(37)8(2)29,3-9(30)17(38)23(44)18(39)10(3)31)4-11(32)19(40)24(45)20(41)12(4)33;16-18-17-10-14(20)13-6-8-19(9-7-13)11-15(21)12-4-2-1-3-5-12/h;1-9H,10-11H2/q-1;+1. The van der Waals surface area contributed by atoms with Crippen LogP contribution in [0.25, 0.3) is 10.4 Å². The molecule has 0 N–H and O–H groups in total. The maximum absolute atomic E-state index is 15.4. The van der Waals surface area contributed by atoms with E-state index in [9.17, 15) is 62.3 Å². The fraction of sp³-hybridized carbons (Fsp3) is 0.0513. The van der Waals surface area contributed by atoms with Crippen molar-refractivity contribution in [2.24, 2.45) is 5.11 Å². The van der Waals surface area contributed by atoms with E-state index in [1.54, 1.807) is 41.2 Å². The van der Waals surface area contributed by atoms with Gasteiger partial charge in [-0.25, -0.2) is 87.8 Å². The lowest BCUT2D eigenvalue weighted by atomic mass is 9.12. The highest BCUT2D eigenvalue weighted by atomic mass is 19.2. The lowest BCUT2D eigenvalue weighted by Crippen LogP contribution is -2.81. The molecule has 1 aromatic heterocycles. The number of benzene rings is 5. The van der Waals surface area contributed by atoms with Gasteiger partial charge in [0.1, 0.15) is 52.7 Å². The number of azide groups is 1. The van der Waals surface area contributed by atoms with Crippen LogP contribution in [0.2, 0.25) is 0 Å². The van der Waals surface area contributed by atoms with Crippen LogP contribution in [-0.2, 0) is 6.54 Å². The molecule has 66 heavy (non-hydrogen) atoms. The van der Waals surface area contributed by atoms with E-state index in [1.165, 1.54) is 0 Å². The Morgan fingerprint density at radius 2 is 0.667 bits per heavy atom. The smallest absolute Gasteiger partial charge is 0.227 e. The molecule has 0 amide bonds. The van der Waals surface area contributed by atoms with Gasteiger partial charge in [-0.2, -0.15) is 4.57 Å². The maximum Gasteiger partial charge on any atom is 0.227 e. The number of carbonyl (C=O) groups excluding carboxylic acids is 2. The molecule has 6 rings (SSSR count). The van der Waals surface area contributed by atoms with Crippen molar-refractivity contribution >= 4 is 39.6 Å². The van der Waals surface area contributed by atoms with E-state index < -0.39 is 144 Å². The number of pyridine rings is 1. The Morgan fingerprint density at radius 3 is 0.939 bits per heavy atom. The molecule has 0 aliphatic heterocycles. The van der Waals surface area contributed by atoms with Gasteiger partial charge in [-0.3, -0.25) is 9.59 Å². The molecule has 0 aliphatic carbocycles. The summed E-state index contributed by atoms with van der Waals surface area (Å²) in [7, 11) is 0. The predicted molar refractivity (Wildman–Crippen MR) is 185 cm³/mol. The number of Topliss-reactive ketones (excluding diaryl/α,β-unsaturated/α-hetero) is 2. The molecule has 6 aromatic rings. The highest BCUT2D eigenvalue weighted by Gasteiger charge is 2.52. The van der Waals surface area contributed by atoms with Crippen molar-refractivity contribution in [3.8, 4) is 0 Å². The molecule has 0 fully saturated rings. The second-order valence-electron chi connectivity index (χ2n) is 13.2. The van der Waals surface area contributed by atoms with Crippen molar-refractivity contribution in [1.29, 1.82) is 0 Å². The van der Waals surface area contributed by atoms with E-state index in [4.69, 9.17) is 5.53 Å². The summed E-state index contributed by atoms with van der Waals surface area (Å²) >= 11 is 0. The molecule has 0 aliphatic rings. The molecule has 0 spiro atoms. The minimum absolute atomic E-state index is 0.00578. The lowest BCUT2D eigenvalue weighted by Gasteiger charge is -2.44. The van der Waals surface area contributed by atoms with E-state index in [-0.39, 0.29) is 24.7 Å². The van der Waals surface area contributed by atoms with Crippen molar-refractivity contribution in [2.45, 2.75) is 6.54 Å². The fourth-order valence-electron chi connectivity index (χ4n) is 6.69. The second kappa shape index (κ2) is 19.0. The van der Waals surface area contributed by atoms with Gasteiger partial charge in [0.2, 0.25) is 12.3 Å². The molecule has 0 saturated carbocycles. The zero-order chi connectivity index (χ0) is 49.4. The van der Waals surface area contributed by atoms with E-state index in [0.717, 1.165) is 0 Å². The van der Waals surface area contributed by atoms with Crippen molar-refractivity contribution in [3.63, 3.8) is 0 Å². The number of hydrogen-bond acceptors (Lipinski definition) is 3. The Hall–Kier alpha value is -7.44. The molecule has 0 radical (unpaired) electrons. The average Bonchev–Trinajstić information content (AvgIpc) is 3.31. The van der Waals surface area contributed by atoms with Crippen LogP contribution in [0.3, 0.4) is 0 Å². The van der Waals surface area contributed by atoms with E-state index >= 15 is 35.1 Å². The van der Waals surface area contributed by atoms with Crippen LogP contribution in [-0.4, -0.2) is 24.3 Å². The lowest BCUT2D eigenvalue weighted by molar-refractivity contribution is -0.683. The van der Waals surface area contributed by atoms with Crippen molar-refractivity contribution in [1.82, 2.24) is 0 Å². The van der Waals surface area contributed by atoms with Crippen LogP contribution in [0.5, 0.6) is 0 Å². The molecular weight excluding hydrogens is 947 g/mol. The summed E-state index contributed by atoms with van der Waals surface area (Å²) in [5.41, 5.74) is -5.05. The normalized spacial score (nSPS) is 11.3. The van der Waals surface area contributed by atoms with Crippen molar-refractivity contribution < 1.29 is 102 Å². The fourth-order valence-corrected chi connectivity index (χ4v) is 6.69. The molecule has 344 valence electrons. The number of hydrogen-bond donors (Lipinski definition) is 0. The zero-order valence-electron chi connectivity index (χ0n) is 31.4. The number of aromatic nitrogens is 1. The number of ketones is 2. The molecular formula is C39H13BF20N4O2. The van der Waals surface area contributed by atoms with Gasteiger partial charge in [-0.15, -0.1) is 21.9 Å². The van der Waals surface area contributed by atoms with Gasteiger partial charge in [0.15, 0.2) is 88.0 Å². The van der Waals surface area contributed by atoms with E-state index in [1.807, 2.05) is 18.2 Å². The number of rotatable bonds is 10. The molecule has 27 heteroatoms. The minimum Gasteiger partial charge on any atom is -0.294 e. The monoisotopic (exact) mass is 960 g/mol. The predicted octanol–water partition coefficient (Wildman–Crippen LogP) is 8.20. The van der Waals surface area contributed by atoms with E-state index in [2.05, 4.69) is 10.0 Å². The van der Waals surface area contributed by atoms with Crippen LogP contribution < -0.4 is 26.4 Å².